The monoisotopic (exact) mass is 352 g/mol. The summed E-state index contributed by atoms with van der Waals surface area (Å²) in [4.78, 5) is 13.8. The number of methoxy groups -OCH3 is 1. The van der Waals surface area contributed by atoms with Crippen LogP contribution in [-0.4, -0.2) is 62.2 Å². The second-order valence-corrected chi connectivity index (χ2v) is 5.37. The lowest BCUT2D eigenvalue weighted by Crippen LogP contribution is -2.43. The molecule has 1 aliphatic rings. The molecule has 0 saturated carbocycles. The molecule has 8 nitrogen and oxygen atoms in total. The normalized spacial score (nSPS) is 14.5. The number of ether oxygens (including phenoxy) is 3. The molecule has 3 N–H and O–H groups in total. The van der Waals surface area contributed by atoms with Gasteiger partial charge in [-0.25, -0.2) is 0 Å². The predicted molar refractivity (Wildman–Crippen MR) is 93.4 cm³/mol. The van der Waals surface area contributed by atoms with Crippen molar-refractivity contribution in [2.75, 3.05) is 40.0 Å². The molecular weight excluding hydrogens is 332 g/mol. The molecule has 1 heterocycles. The molecule has 1 aliphatic heterocycles. The van der Waals surface area contributed by atoms with Crippen molar-refractivity contribution < 1.29 is 19.0 Å². The van der Waals surface area contributed by atoms with E-state index < -0.39 is 0 Å². The van der Waals surface area contributed by atoms with Crippen molar-refractivity contribution in [3.8, 4) is 11.5 Å². The zero-order valence-corrected chi connectivity index (χ0v) is 14.2. The molecule has 1 saturated heterocycles. The Balaban J connectivity index is 1.95. The van der Waals surface area contributed by atoms with Crippen LogP contribution in [0.15, 0.2) is 23.3 Å². The molecule has 1 aromatic rings. The lowest BCUT2D eigenvalue weighted by atomic mass is 10.2. The van der Waals surface area contributed by atoms with Crippen molar-refractivity contribution >= 4 is 29.5 Å². The van der Waals surface area contributed by atoms with Gasteiger partial charge in [0.1, 0.15) is 0 Å². The van der Waals surface area contributed by atoms with Gasteiger partial charge in [-0.1, -0.05) is 0 Å². The number of morpholine rings is 1. The van der Waals surface area contributed by atoms with Crippen molar-refractivity contribution in [2.24, 2.45) is 10.8 Å². The number of rotatable bonds is 6. The van der Waals surface area contributed by atoms with Gasteiger partial charge in [-0.05, 0) is 36.0 Å². The number of carbonyl (C=O) groups is 1. The SMILES string of the molecule is COc1cc(C=NNC(N)=S)ccc1OCC(=O)N1CCOCC1. The van der Waals surface area contributed by atoms with E-state index in [1.54, 1.807) is 29.3 Å². The molecule has 130 valence electrons. The molecule has 0 aliphatic carbocycles. The smallest absolute Gasteiger partial charge is 0.260 e. The predicted octanol–water partition coefficient (Wildman–Crippen LogP) is 0.0999. The van der Waals surface area contributed by atoms with Gasteiger partial charge in [-0.3, -0.25) is 10.2 Å². The summed E-state index contributed by atoms with van der Waals surface area (Å²) in [5.74, 6) is 0.911. The van der Waals surface area contributed by atoms with Gasteiger partial charge < -0.3 is 24.8 Å². The van der Waals surface area contributed by atoms with E-state index in [1.807, 2.05) is 0 Å². The Morgan fingerprint density at radius 2 is 2.21 bits per heavy atom. The summed E-state index contributed by atoms with van der Waals surface area (Å²) in [6, 6.07) is 5.23. The quantitative estimate of drug-likeness (QED) is 0.426. The zero-order valence-electron chi connectivity index (χ0n) is 13.4. The number of nitrogens with two attached hydrogens (primary N) is 1. The topological polar surface area (TPSA) is 98.4 Å². The number of hydrazone groups is 1. The third kappa shape index (κ3) is 5.36. The highest BCUT2D eigenvalue weighted by Gasteiger charge is 2.17. The summed E-state index contributed by atoms with van der Waals surface area (Å²) in [5.41, 5.74) is 8.52. The summed E-state index contributed by atoms with van der Waals surface area (Å²) in [6.45, 7) is 2.25. The third-order valence-electron chi connectivity index (χ3n) is 3.29. The van der Waals surface area contributed by atoms with Gasteiger partial charge in [0.25, 0.3) is 5.91 Å². The molecule has 0 radical (unpaired) electrons. The van der Waals surface area contributed by atoms with E-state index in [9.17, 15) is 4.79 Å². The number of carbonyl (C=O) groups excluding carboxylic acids is 1. The maximum Gasteiger partial charge on any atom is 0.260 e. The van der Waals surface area contributed by atoms with Crippen LogP contribution in [0.1, 0.15) is 5.56 Å². The molecule has 1 fully saturated rings. The molecular formula is C15H20N4O4S. The first kappa shape index (κ1) is 18.0. The van der Waals surface area contributed by atoms with Crippen LogP contribution in [0.25, 0.3) is 0 Å². The minimum absolute atomic E-state index is 0.0488. The first-order valence-corrected chi connectivity index (χ1v) is 7.76. The molecule has 0 atom stereocenters. The Bertz CT molecular complexity index is 617. The fourth-order valence-corrected chi connectivity index (χ4v) is 2.15. The Morgan fingerprint density at radius 1 is 1.46 bits per heavy atom. The van der Waals surface area contributed by atoms with Crippen LogP contribution < -0.4 is 20.6 Å². The minimum Gasteiger partial charge on any atom is -0.493 e. The van der Waals surface area contributed by atoms with Gasteiger partial charge in [-0.15, -0.1) is 0 Å². The van der Waals surface area contributed by atoms with Crippen LogP contribution in [0.2, 0.25) is 0 Å². The second kappa shape index (κ2) is 9.04. The molecule has 1 aromatic carbocycles. The van der Waals surface area contributed by atoms with Crippen molar-refractivity contribution in [2.45, 2.75) is 0 Å². The Kier molecular flexibility index (Phi) is 6.76. The first-order chi connectivity index (χ1) is 11.6. The largest absolute Gasteiger partial charge is 0.493 e. The molecule has 0 unspecified atom stereocenters. The number of hydrogen-bond donors (Lipinski definition) is 2. The van der Waals surface area contributed by atoms with E-state index in [4.69, 9.17) is 19.9 Å². The fraction of sp³-hybridized carbons (Fsp3) is 0.400. The molecule has 9 heteroatoms. The highest BCUT2D eigenvalue weighted by atomic mass is 32.1. The van der Waals surface area contributed by atoms with Gasteiger partial charge >= 0.3 is 0 Å². The van der Waals surface area contributed by atoms with E-state index >= 15 is 0 Å². The number of thiocarbonyl (C=S) groups is 1. The van der Waals surface area contributed by atoms with Crippen LogP contribution in [0.3, 0.4) is 0 Å². The minimum atomic E-state index is -0.0772. The number of benzene rings is 1. The fourth-order valence-electron chi connectivity index (χ4n) is 2.10. The molecule has 24 heavy (non-hydrogen) atoms. The third-order valence-corrected chi connectivity index (χ3v) is 3.38. The molecule has 1 amide bonds. The lowest BCUT2D eigenvalue weighted by molar-refractivity contribution is -0.137. The number of nitrogens with zero attached hydrogens (tertiary/aromatic N) is 2. The number of amides is 1. The summed E-state index contributed by atoms with van der Waals surface area (Å²) >= 11 is 4.66. The first-order valence-electron chi connectivity index (χ1n) is 7.35. The summed E-state index contributed by atoms with van der Waals surface area (Å²) < 4.78 is 16.1. The van der Waals surface area contributed by atoms with Gasteiger partial charge in [0.2, 0.25) is 0 Å². The molecule has 0 spiro atoms. The highest BCUT2D eigenvalue weighted by molar-refractivity contribution is 7.80. The highest BCUT2D eigenvalue weighted by Crippen LogP contribution is 2.27. The summed E-state index contributed by atoms with van der Waals surface area (Å²) in [7, 11) is 1.53. The van der Waals surface area contributed by atoms with E-state index in [1.165, 1.54) is 7.11 Å². The standard InChI is InChI=1S/C15H20N4O4S/c1-21-13-8-11(9-17-18-15(16)24)2-3-12(13)23-10-14(20)19-4-6-22-7-5-19/h2-3,8-9H,4-7,10H2,1H3,(H3,16,18,24). The maximum atomic E-state index is 12.1. The van der Waals surface area contributed by atoms with Crippen LogP contribution in [0.5, 0.6) is 11.5 Å². The Morgan fingerprint density at radius 3 is 2.88 bits per heavy atom. The Labute approximate surface area is 145 Å². The van der Waals surface area contributed by atoms with E-state index in [2.05, 4.69) is 22.7 Å². The second-order valence-electron chi connectivity index (χ2n) is 4.93. The van der Waals surface area contributed by atoms with Gasteiger partial charge in [0.05, 0.1) is 26.5 Å². The molecule has 0 bridgehead atoms. The van der Waals surface area contributed by atoms with Crippen molar-refractivity contribution in [1.29, 1.82) is 0 Å². The average Bonchev–Trinajstić information content (AvgIpc) is 2.60. The van der Waals surface area contributed by atoms with Crippen molar-refractivity contribution in [3.63, 3.8) is 0 Å². The number of hydrogen-bond acceptors (Lipinski definition) is 6. The zero-order chi connectivity index (χ0) is 17.4. The van der Waals surface area contributed by atoms with Gasteiger partial charge in [0.15, 0.2) is 23.2 Å². The summed E-state index contributed by atoms with van der Waals surface area (Å²) in [5, 5.41) is 3.95. The lowest BCUT2D eigenvalue weighted by Gasteiger charge is -2.26. The maximum absolute atomic E-state index is 12.1. The van der Waals surface area contributed by atoms with E-state index in [0.29, 0.717) is 37.8 Å². The van der Waals surface area contributed by atoms with E-state index in [0.717, 1.165) is 5.56 Å². The van der Waals surface area contributed by atoms with Crippen LogP contribution >= 0.6 is 12.2 Å². The van der Waals surface area contributed by atoms with Crippen LogP contribution in [-0.2, 0) is 9.53 Å². The van der Waals surface area contributed by atoms with Crippen molar-refractivity contribution in [1.82, 2.24) is 10.3 Å². The van der Waals surface area contributed by atoms with Gasteiger partial charge in [0, 0.05) is 13.1 Å². The average molecular weight is 352 g/mol. The van der Waals surface area contributed by atoms with Gasteiger partial charge in [-0.2, -0.15) is 5.10 Å². The van der Waals surface area contributed by atoms with E-state index in [-0.39, 0.29) is 17.6 Å². The Hall–Kier alpha value is -2.39. The molecule has 0 aromatic heterocycles. The summed E-state index contributed by atoms with van der Waals surface area (Å²) in [6.07, 6.45) is 1.55. The number of nitrogens with one attached hydrogen (secondary N) is 1. The molecule has 2 rings (SSSR count). The van der Waals surface area contributed by atoms with Crippen LogP contribution in [0.4, 0.5) is 0 Å². The van der Waals surface area contributed by atoms with Crippen molar-refractivity contribution in [3.05, 3.63) is 23.8 Å². The van der Waals surface area contributed by atoms with Crippen LogP contribution in [0, 0.1) is 0 Å².